The summed E-state index contributed by atoms with van der Waals surface area (Å²) in [6.45, 7) is 1.34. The molecule has 3 rings (SSSR count). The predicted molar refractivity (Wildman–Crippen MR) is 121 cm³/mol. The Hall–Kier alpha value is -4.05. The number of carbonyl (C=O) groups is 1. The van der Waals surface area contributed by atoms with Gasteiger partial charge < -0.3 is 0 Å². The number of anilines is 1. The van der Waals surface area contributed by atoms with Crippen LogP contribution in [-0.2, 0) is 14.8 Å². The molecule has 0 spiro atoms. The number of benzene rings is 3. The molecule has 0 bridgehead atoms. The number of nitrogens with one attached hydrogen (secondary N) is 1. The largest absolute Gasteiger partial charge is 0.271 e. The highest BCUT2D eigenvalue weighted by Gasteiger charge is 2.27. The number of rotatable bonds is 8. The summed E-state index contributed by atoms with van der Waals surface area (Å²) in [5, 5.41) is 14.5. The van der Waals surface area contributed by atoms with E-state index in [0.717, 1.165) is 9.87 Å². The lowest BCUT2D eigenvalue weighted by Crippen LogP contribution is -2.39. The summed E-state index contributed by atoms with van der Waals surface area (Å²) in [4.78, 5) is 22.7. The van der Waals surface area contributed by atoms with E-state index in [1.54, 1.807) is 36.4 Å². The fraction of sp³-hybridized carbons (Fsp3) is 0.0909. The van der Waals surface area contributed by atoms with Crippen LogP contribution in [0.3, 0.4) is 0 Å². The SMILES string of the molecule is Cc1cccc(N(CC(=O)N/N=C\c2ccc([N+](=O)[O-])cc2)S(=O)(=O)c2ccccc2)c1. The molecular formula is C22H20N4O5S. The van der Waals surface area contributed by atoms with Crippen molar-refractivity contribution in [2.45, 2.75) is 11.8 Å². The molecule has 3 aromatic rings. The number of aryl methyl sites for hydroxylation is 1. The maximum absolute atomic E-state index is 13.2. The van der Waals surface area contributed by atoms with Gasteiger partial charge in [0.2, 0.25) is 0 Å². The van der Waals surface area contributed by atoms with Crippen molar-refractivity contribution in [2.75, 3.05) is 10.8 Å². The van der Waals surface area contributed by atoms with Gasteiger partial charge in [-0.05, 0) is 54.4 Å². The van der Waals surface area contributed by atoms with E-state index in [2.05, 4.69) is 10.5 Å². The maximum Gasteiger partial charge on any atom is 0.269 e. The Morgan fingerprint density at radius 2 is 1.75 bits per heavy atom. The summed E-state index contributed by atoms with van der Waals surface area (Å²) < 4.78 is 27.4. The van der Waals surface area contributed by atoms with Gasteiger partial charge in [-0.3, -0.25) is 19.2 Å². The first kappa shape index (κ1) is 22.6. The number of carbonyl (C=O) groups excluding carboxylic acids is 1. The molecule has 164 valence electrons. The lowest BCUT2D eigenvalue weighted by molar-refractivity contribution is -0.384. The second kappa shape index (κ2) is 9.84. The highest BCUT2D eigenvalue weighted by Crippen LogP contribution is 2.24. The molecule has 1 N–H and O–H groups in total. The van der Waals surface area contributed by atoms with Crippen molar-refractivity contribution in [2.24, 2.45) is 5.10 Å². The lowest BCUT2D eigenvalue weighted by Gasteiger charge is -2.24. The summed E-state index contributed by atoms with van der Waals surface area (Å²) in [7, 11) is -4.00. The third-order valence-electron chi connectivity index (χ3n) is 4.41. The molecule has 0 aliphatic heterocycles. The summed E-state index contributed by atoms with van der Waals surface area (Å²) in [6.07, 6.45) is 1.31. The number of non-ortho nitro benzene ring substituents is 1. The van der Waals surface area contributed by atoms with Gasteiger partial charge in [-0.1, -0.05) is 30.3 Å². The molecule has 10 heteroatoms. The van der Waals surface area contributed by atoms with Gasteiger partial charge in [0.1, 0.15) is 6.54 Å². The highest BCUT2D eigenvalue weighted by atomic mass is 32.2. The number of amides is 1. The first-order chi connectivity index (χ1) is 15.3. The number of nitrogens with zero attached hydrogens (tertiary/aromatic N) is 3. The van der Waals surface area contributed by atoms with E-state index in [1.165, 1.54) is 42.6 Å². The number of sulfonamides is 1. The Bertz CT molecular complexity index is 1240. The third kappa shape index (κ3) is 5.55. The van der Waals surface area contributed by atoms with Crippen LogP contribution in [0.1, 0.15) is 11.1 Å². The van der Waals surface area contributed by atoms with E-state index in [-0.39, 0.29) is 10.6 Å². The second-order valence-corrected chi connectivity index (χ2v) is 8.67. The molecule has 3 aromatic carbocycles. The minimum absolute atomic E-state index is 0.0590. The molecule has 1 amide bonds. The summed E-state index contributed by atoms with van der Waals surface area (Å²) in [5.41, 5.74) is 3.96. The van der Waals surface area contributed by atoms with Gasteiger partial charge >= 0.3 is 0 Å². The molecule has 0 atom stereocenters. The highest BCUT2D eigenvalue weighted by molar-refractivity contribution is 7.92. The molecular weight excluding hydrogens is 432 g/mol. The van der Waals surface area contributed by atoms with Crippen LogP contribution in [0.4, 0.5) is 11.4 Å². The molecule has 9 nitrogen and oxygen atoms in total. The van der Waals surface area contributed by atoms with Crippen LogP contribution in [0.5, 0.6) is 0 Å². The Morgan fingerprint density at radius 3 is 2.38 bits per heavy atom. The first-order valence-corrected chi connectivity index (χ1v) is 10.9. The molecule has 0 radical (unpaired) electrons. The lowest BCUT2D eigenvalue weighted by atomic mass is 10.2. The van der Waals surface area contributed by atoms with E-state index in [1.807, 2.05) is 13.0 Å². The fourth-order valence-electron chi connectivity index (χ4n) is 2.84. The van der Waals surface area contributed by atoms with Gasteiger partial charge in [0.05, 0.1) is 21.7 Å². The van der Waals surface area contributed by atoms with Crippen molar-refractivity contribution >= 4 is 33.5 Å². The standard InChI is InChI=1S/C22H20N4O5S/c1-17-6-5-7-20(14-17)25(32(30,31)21-8-3-2-4-9-21)16-22(27)24-23-15-18-10-12-19(13-11-18)26(28)29/h2-15H,16H2,1H3,(H,24,27)/b23-15-. The number of hydrazone groups is 1. The molecule has 0 saturated carbocycles. The zero-order chi connectivity index (χ0) is 23.1. The molecule has 0 heterocycles. The summed E-state index contributed by atoms with van der Waals surface area (Å²) >= 11 is 0. The fourth-order valence-corrected chi connectivity index (χ4v) is 4.28. The van der Waals surface area contributed by atoms with Crippen molar-refractivity contribution < 1.29 is 18.1 Å². The van der Waals surface area contributed by atoms with E-state index in [0.29, 0.717) is 11.3 Å². The van der Waals surface area contributed by atoms with Gasteiger partial charge in [-0.15, -0.1) is 0 Å². The Kier molecular flexibility index (Phi) is 6.96. The minimum Gasteiger partial charge on any atom is -0.271 e. The second-order valence-electron chi connectivity index (χ2n) is 6.81. The normalized spacial score (nSPS) is 11.3. The summed E-state index contributed by atoms with van der Waals surface area (Å²) in [5.74, 6) is -0.649. The van der Waals surface area contributed by atoms with Crippen molar-refractivity contribution in [3.63, 3.8) is 0 Å². The third-order valence-corrected chi connectivity index (χ3v) is 6.20. The van der Waals surface area contributed by atoms with Crippen LogP contribution in [0.25, 0.3) is 0 Å². The maximum atomic E-state index is 13.2. The zero-order valence-electron chi connectivity index (χ0n) is 17.1. The van der Waals surface area contributed by atoms with Gasteiger partial charge in [-0.25, -0.2) is 13.8 Å². The monoisotopic (exact) mass is 452 g/mol. The van der Waals surface area contributed by atoms with Gasteiger partial charge in [0, 0.05) is 12.1 Å². The Labute approximate surface area is 185 Å². The molecule has 0 aromatic heterocycles. The van der Waals surface area contributed by atoms with Crippen molar-refractivity contribution in [3.05, 3.63) is 100 Å². The van der Waals surface area contributed by atoms with Crippen LogP contribution in [-0.4, -0.2) is 32.0 Å². The number of nitro groups is 1. The minimum atomic E-state index is -4.00. The van der Waals surface area contributed by atoms with Gasteiger partial charge in [0.25, 0.3) is 21.6 Å². The number of nitro benzene ring substituents is 1. The topological polar surface area (TPSA) is 122 Å². The van der Waals surface area contributed by atoms with Crippen LogP contribution in [0, 0.1) is 17.0 Å². The van der Waals surface area contributed by atoms with Crippen molar-refractivity contribution in [1.29, 1.82) is 0 Å². The van der Waals surface area contributed by atoms with Crippen LogP contribution < -0.4 is 9.73 Å². The number of hydrogen-bond acceptors (Lipinski definition) is 6. The van der Waals surface area contributed by atoms with Crippen molar-refractivity contribution in [1.82, 2.24) is 5.43 Å². The molecule has 0 aliphatic carbocycles. The number of hydrogen-bond donors (Lipinski definition) is 1. The molecule has 0 unspecified atom stereocenters. The molecule has 0 fully saturated rings. The van der Waals surface area contributed by atoms with E-state index >= 15 is 0 Å². The smallest absolute Gasteiger partial charge is 0.269 e. The van der Waals surface area contributed by atoms with Crippen LogP contribution in [0.2, 0.25) is 0 Å². The average Bonchev–Trinajstić information content (AvgIpc) is 2.78. The molecule has 0 saturated heterocycles. The van der Waals surface area contributed by atoms with Gasteiger partial charge in [-0.2, -0.15) is 5.10 Å². The van der Waals surface area contributed by atoms with Gasteiger partial charge in [0.15, 0.2) is 0 Å². The predicted octanol–water partition coefficient (Wildman–Crippen LogP) is 3.25. The van der Waals surface area contributed by atoms with Crippen LogP contribution >= 0.6 is 0 Å². The first-order valence-electron chi connectivity index (χ1n) is 9.48. The average molecular weight is 452 g/mol. The quantitative estimate of drug-likeness (QED) is 0.319. The molecule has 0 aliphatic rings. The molecule has 32 heavy (non-hydrogen) atoms. The zero-order valence-corrected chi connectivity index (χ0v) is 17.9. The Balaban J connectivity index is 1.79. The van der Waals surface area contributed by atoms with E-state index in [9.17, 15) is 23.3 Å². The van der Waals surface area contributed by atoms with E-state index in [4.69, 9.17) is 0 Å². The Morgan fingerprint density at radius 1 is 1.06 bits per heavy atom. The summed E-state index contributed by atoms with van der Waals surface area (Å²) in [6, 6.07) is 20.2. The van der Waals surface area contributed by atoms with Crippen LogP contribution in [0.15, 0.2) is 88.9 Å². The van der Waals surface area contributed by atoms with Crippen molar-refractivity contribution in [3.8, 4) is 0 Å². The van der Waals surface area contributed by atoms with E-state index < -0.39 is 27.4 Å².